The zero-order chi connectivity index (χ0) is 15.0. The van der Waals surface area contributed by atoms with Gasteiger partial charge in [-0.15, -0.1) is 11.8 Å². The van der Waals surface area contributed by atoms with Gasteiger partial charge in [0.1, 0.15) is 16.7 Å². The standard InChI is InChI=1S/C14H25N3O2S/c1-4-6-12-16-13(15-7-5-2)10(3)14(17-12)20-9-11(19)8-18/h11,18-19H,4-9H2,1-3H3,(H,15,16,17). The lowest BCUT2D eigenvalue weighted by atomic mass is 10.3. The maximum Gasteiger partial charge on any atom is 0.133 e. The minimum Gasteiger partial charge on any atom is -0.394 e. The topological polar surface area (TPSA) is 78.3 Å². The Hall–Kier alpha value is -0.850. The highest BCUT2D eigenvalue weighted by Gasteiger charge is 2.12. The highest BCUT2D eigenvalue weighted by Crippen LogP contribution is 2.26. The van der Waals surface area contributed by atoms with E-state index in [-0.39, 0.29) is 6.61 Å². The number of anilines is 1. The van der Waals surface area contributed by atoms with E-state index < -0.39 is 6.10 Å². The van der Waals surface area contributed by atoms with E-state index in [1.807, 2.05) is 6.92 Å². The van der Waals surface area contributed by atoms with Crippen LogP contribution in [0.25, 0.3) is 0 Å². The summed E-state index contributed by atoms with van der Waals surface area (Å²) in [6.07, 6.45) is 2.17. The quantitative estimate of drug-likeness (QED) is 0.478. The second kappa shape index (κ2) is 9.15. The Bertz CT molecular complexity index is 416. The summed E-state index contributed by atoms with van der Waals surface area (Å²) in [6, 6.07) is 0. The van der Waals surface area contributed by atoms with Crippen molar-refractivity contribution < 1.29 is 10.2 Å². The Morgan fingerprint density at radius 1 is 1.25 bits per heavy atom. The molecule has 0 aliphatic rings. The second-order valence-corrected chi connectivity index (χ2v) is 5.75. The van der Waals surface area contributed by atoms with Gasteiger partial charge in [0.15, 0.2) is 0 Å². The third kappa shape index (κ3) is 5.26. The minimum absolute atomic E-state index is 0.222. The van der Waals surface area contributed by atoms with Crippen molar-refractivity contribution in [1.29, 1.82) is 0 Å². The molecule has 1 heterocycles. The molecule has 1 rings (SSSR count). The fraction of sp³-hybridized carbons (Fsp3) is 0.714. The molecule has 0 fully saturated rings. The van der Waals surface area contributed by atoms with E-state index in [0.717, 1.165) is 48.0 Å². The van der Waals surface area contributed by atoms with Crippen molar-refractivity contribution in [2.75, 3.05) is 24.2 Å². The van der Waals surface area contributed by atoms with Crippen LogP contribution in [0.2, 0.25) is 0 Å². The molecule has 0 saturated carbocycles. The zero-order valence-electron chi connectivity index (χ0n) is 12.5. The predicted molar refractivity (Wildman–Crippen MR) is 83.4 cm³/mol. The summed E-state index contributed by atoms with van der Waals surface area (Å²) in [4.78, 5) is 9.12. The van der Waals surface area contributed by atoms with Gasteiger partial charge in [0.05, 0.1) is 12.7 Å². The number of rotatable bonds is 9. The fourth-order valence-corrected chi connectivity index (χ4v) is 2.60. The molecule has 20 heavy (non-hydrogen) atoms. The molecule has 6 heteroatoms. The zero-order valence-corrected chi connectivity index (χ0v) is 13.3. The lowest BCUT2D eigenvalue weighted by molar-refractivity contribution is 0.113. The monoisotopic (exact) mass is 299 g/mol. The number of nitrogens with zero attached hydrogens (tertiary/aromatic N) is 2. The minimum atomic E-state index is -0.712. The summed E-state index contributed by atoms with van der Waals surface area (Å²) in [5, 5.41) is 22.6. The van der Waals surface area contributed by atoms with Gasteiger partial charge in [-0.05, 0) is 19.8 Å². The second-order valence-electron chi connectivity index (χ2n) is 4.74. The summed E-state index contributed by atoms with van der Waals surface area (Å²) in [5.74, 6) is 2.15. The van der Waals surface area contributed by atoms with Crippen LogP contribution in [-0.2, 0) is 6.42 Å². The molecule has 1 aromatic rings. The number of aliphatic hydroxyl groups excluding tert-OH is 2. The Morgan fingerprint density at radius 3 is 2.60 bits per heavy atom. The maximum atomic E-state index is 9.46. The molecular weight excluding hydrogens is 274 g/mol. The average Bonchev–Trinajstić information content (AvgIpc) is 2.45. The van der Waals surface area contributed by atoms with Crippen LogP contribution in [0.15, 0.2) is 5.03 Å². The first kappa shape index (κ1) is 17.2. The molecular formula is C14H25N3O2S. The van der Waals surface area contributed by atoms with Crippen molar-refractivity contribution in [3.05, 3.63) is 11.4 Å². The van der Waals surface area contributed by atoms with Crippen LogP contribution in [0, 0.1) is 6.92 Å². The number of hydrogen-bond acceptors (Lipinski definition) is 6. The molecule has 114 valence electrons. The largest absolute Gasteiger partial charge is 0.394 e. The van der Waals surface area contributed by atoms with Crippen molar-refractivity contribution in [3.8, 4) is 0 Å². The summed E-state index contributed by atoms with van der Waals surface area (Å²) in [5.41, 5.74) is 1.01. The number of aromatic nitrogens is 2. The highest BCUT2D eigenvalue weighted by molar-refractivity contribution is 7.99. The van der Waals surface area contributed by atoms with Gasteiger partial charge in [-0.1, -0.05) is 13.8 Å². The van der Waals surface area contributed by atoms with Gasteiger partial charge in [0.25, 0.3) is 0 Å². The lowest BCUT2D eigenvalue weighted by Gasteiger charge is -2.14. The van der Waals surface area contributed by atoms with Gasteiger partial charge >= 0.3 is 0 Å². The van der Waals surface area contributed by atoms with Crippen LogP contribution in [0.3, 0.4) is 0 Å². The smallest absolute Gasteiger partial charge is 0.133 e. The molecule has 0 spiro atoms. The van der Waals surface area contributed by atoms with Crippen molar-refractivity contribution >= 4 is 17.6 Å². The van der Waals surface area contributed by atoms with E-state index >= 15 is 0 Å². The Labute approximate surface area is 125 Å². The number of thioether (sulfide) groups is 1. The van der Waals surface area contributed by atoms with E-state index in [4.69, 9.17) is 5.11 Å². The molecule has 0 aromatic carbocycles. The molecule has 0 amide bonds. The molecule has 0 aliphatic heterocycles. The van der Waals surface area contributed by atoms with Crippen molar-refractivity contribution in [3.63, 3.8) is 0 Å². The van der Waals surface area contributed by atoms with Crippen molar-refractivity contribution in [2.24, 2.45) is 0 Å². The van der Waals surface area contributed by atoms with Crippen LogP contribution >= 0.6 is 11.8 Å². The number of hydrogen-bond donors (Lipinski definition) is 3. The molecule has 1 atom stereocenters. The summed E-state index contributed by atoms with van der Waals surface area (Å²) < 4.78 is 0. The van der Waals surface area contributed by atoms with Crippen molar-refractivity contribution in [2.45, 2.75) is 51.2 Å². The Kier molecular flexibility index (Phi) is 7.87. The lowest BCUT2D eigenvalue weighted by Crippen LogP contribution is -2.15. The van der Waals surface area contributed by atoms with Crippen LogP contribution < -0.4 is 5.32 Å². The number of nitrogens with one attached hydrogen (secondary N) is 1. The first-order chi connectivity index (χ1) is 9.62. The van der Waals surface area contributed by atoms with Gasteiger partial charge in [-0.3, -0.25) is 0 Å². The summed E-state index contributed by atoms with van der Waals surface area (Å²) >= 11 is 1.47. The van der Waals surface area contributed by atoms with Crippen LogP contribution in [0.4, 0.5) is 5.82 Å². The molecule has 3 N–H and O–H groups in total. The van der Waals surface area contributed by atoms with E-state index in [1.165, 1.54) is 11.8 Å². The third-order valence-corrected chi connectivity index (χ3v) is 4.01. The van der Waals surface area contributed by atoms with Gasteiger partial charge in [-0.25, -0.2) is 9.97 Å². The maximum absolute atomic E-state index is 9.46. The predicted octanol–water partition coefficient (Wildman–Crippen LogP) is 2.00. The normalized spacial score (nSPS) is 12.4. The highest BCUT2D eigenvalue weighted by atomic mass is 32.2. The molecule has 0 saturated heterocycles. The molecule has 1 unspecified atom stereocenters. The van der Waals surface area contributed by atoms with Gasteiger partial charge in [0, 0.05) is 24.3 Å². The first-order valence-corrected chi connectivity index (χ1v) is 8.14. The van der Waals surface area contributed by atoms with E-state index in [9.17, 15) is 5.11 Å². The Morgan fingerprint density at radius 2 is 2.00 bits per heavy atom. The fourth-order valence-electron chi connectivity index (χ4n) is 1.66. The van der Waals surface area contributed by atoms with Crippen LogP contribution in [0.5, 0.6) is 0 Å². The molecule has 1 aromatic heterocycles. The van der Waals surface area contributed by atoms with Crippen LogP contribution in [0.1, 0.15) is 38.1 Å². The summed E-state index contributed by atoms with van der Waals surface area (Å²) in [6.45, 7) is 6.86. The SMILES string of the molecule is CCCNc1nc(CCC)nc(SCC(O)CO)c1C. The Balaban J connectivity index is 2.91. The summed E-state index contributed by atoms with van der Waals surface area (Å²) in [7, 11) is 0. The van der Waals surface area contributed by atoms with Crippen molar-refractivity contribution in [1.82, 2.24) is 9.97 Å². The van der Waals surface area contributed by atoms with Gasteiger partial charge < -0.3 is 15.5 Å². The third-order valence-electron chi connectivity index (χ3n) is 2.79. The molecule has 5 nitrogen and oxygen atoms in total. The van der Waals surface area contributed by atoms with E-state index in [1.54, 1.807) is 0 Å². The molecule has 0 aliphatic carbocycles. The number of aryl methyl sites for hydroxylation is 1. The number of aliphatic hydroxyl groups is 2. The van der Waals surface area contributed by atoms with E-state index in [0.29, 0.717) is 5.75 Å². The molecule has 0 bridgehead atoms. The average molecular weight is 299 g/mol. The van der Waals surface area contributed by atoms with Gasteiger partial charge in [-0.2, -0.15) is 0 Å². The van der Waals surface area contributed by atoms with Gasteiger partial charge in [0.2, 0.25) is 0 Å². The first-order valence-electron chi connectivity index (χ1n) is 7.15. The van der Waals surface area contributed by atoms with E-state index in [2.05, 4.69) is 29.1 Å². The molecule has 0 radical (unpaired) electrons. The van der Waals surface area contributed by atoms with Crippen LogP contribution in [-0.4, -0.2) is 45.2 Å².